The Morgan fingerprint density at radius 1 is 0.920 bits per heavy atom. The quantitative estimate of drug-likeness (QED) is 0.321. The molecule has 0 aliphatic heterocycles. The van der Waals surface area contributed by atoms with Crippen molar-refractivity contribution in [2.24, 2.45) is 0 Å². The summed E-state index contributed by atoms with van der Waals surface area (Å²) >= 11 is 0. The number of carbonyl (C=O) groups excluding carboxylic acids is 3. The van der Waals surface area contributed by atoms with Crippen molar-refractivity contribution >= 4 is 29.7 Å². The summed E-state index contributed by atoms with van der Waals surface area (Å²) in [6, 6.07) is 17.2. The van der Waals surface area contributed by atoms with Crippen LogP contribution in [0.2, 0.25) is 0 Å². The Morgan fingerprint density at radius 2 is 1.52 bits per heavy atom. The highest BCUT2D eigenvalue weighted by atomic mass is 16.1. The number of hydrogen-bond donors (Lipinski definition) is 0. The highest BCUT2D eigenvalue weighted by Crippen LogP contribution is 2.17. The summed E-state index contributed by atoms with van der Waals surface area (Å²) in [5.74, 6) is -0.511. The molecule has 0 saturated carbocycles. The van der Waals surface area contributed by atoms with Crippen LogP contribution in [0.15, 0.2) is 60.2 Å². The van der Waals surface area contributed by atoms with E-state index in [0.717, 1.165) is 24.1 Å². The van der Waals surface area contributed by atoms with E-state index in [1.165, 1.54) is 19.4 Å². The Balaban J connectivity index is 2.11. The van der Waals surface area contributed by atoms with Gasteiger partial charge in [0, 0.05) is 12.2 Å². The van der Waals surface area contributed by atoms with E-state index in [4.69, 9.17) is 0 Å². The van der Waals surface area contributed by atoms with Gasteiger partial charge in [0.1, 0.15) is 0 Å². The van der Waals surface area contributed by atoms with Gasteiger partial charge in [0.05, 0.1) is 5.57 Å². The zero-order chi connectivity index (χ0) is 18.2. The smallest absolute Gasteiger partial charge is 0.214 e. The van der Waals surface area contributed by atoms with Crippen LogP contribution in [0.1, 0.15) is 25.0 Å². The van der Waals surface area contributed by atoms with E-state index in [9.17, 15) is 14.4 Å². The van der Waals surface area contributed by atoms with Crippen LogP contribution in [0.3, 0.4) is 0 Å². The number of Topliss-reactive ketones (excluding diaryl/α,β-unsaturated/α-hetero) is 2. The summed E-state index contributed by atoms with van der Waals surface area (Å²) in [5, 5.41) is 0. The van der Waals surface area contributed by atoms with Gasteiger partial charge >= 0.3 is 0 Å². The molecule has 0 bridgehead atoms. The first-order valence-electron chi connectivity index (χ1n) is 8.10. The number of amides is 1. The Hall–Kier alpha value is -3.01. The second kappa shape index (κ2) is 8.73. The van der Waals surface area contributed by atoms with Crippen molar-refractivity contribution < 1.29 is 14.4 Å². The molecule has 1 amide bonds. The topological polar surface area (TPSA) is 54.5 Å². The molecule has 0 heterocycles. The number of ketones is 2. The van der Waals surface area contributed by atoms with E-state index in [1.807, 2.05) is 42.5 Å². The third kappa shape index (κ3) is 5.24. The number of carbonyl (C=O) groups is 3. The second-order valence-electron chi connectivity index (χ2n) is 5.80. The first-order valence-corrected chi connectivity index (χ1v) is 8.10. The van der Waals surface area contributed by atoms with E-state index < -0.39 is 0 Å². The number of allylic oxidation sites excluding steroid dienone is 1. The molecule has 25 heavy (non-hydrogen) atoms. The van der Waals surface area contributed by atoms with Gasteiger partial charge in [0.2, 0.25) is 6.41 Å². The van der Waals surface area contributed by atoms with Crippen LogP contribution in [-0.2, 0) is 20.8 Å². The lowest BCUT2D eigenvalue weighted by atomic mass is 10.0. The van der Waals surface area contributed by atoms with Crippen molar-refractivity contribution in [3.05, 3.63) is 71.3 Å². The Bertz CT molecular complexity index is 761. The molecule has 0 unspecified atom stereocenters. The molecule has 0 N–H and O–H groups in total. The minimum atomic E-state index is -0.256. The van der Waals surface area contributed by atoms with E-state index >= 15 is 0 Å². The van der Waals surface area contributed by atoms with Gasteiger partial charge in [-0.25, -0.2) is 0 Å². The van der Waals surface area contributed by atoms with Crippen molar-refractivity contribution in [3.63, 3.8) is 0 Å². The summed E-state index contributed by atoms with van der Waals surface area (Å²) in [6.45, 7) is 3.33. The first-order chi connectivity index (χ1) is 12.0. The average molecular weight is 335 g/mol. The van der Waals surface area contributed by atoms with Gasteiger partial charge in [-0.3, -0.25) is 14.4 Å². The van der Waals surface area contributed by atoms with Crippen LogP contribution in [0, 0.1) is 0 Å². The van der Waals surface area contributed by atoms with Gasteiger partial charge in [-0.1, -0.05) is 42.5 Å². The zero-order valence-electron chi connectivity index (χ0n) is 14.4. The first kappa shape index (κ1) is 18.3. The van der Waals surface area contributed by atoms with Crippen molar-refractivity contribution in [1.29, 1.82) is 0 Å². The van der Waals surface area contributed by atoms with Crippen LogP contribution in [0.25, 0.3) is 6.08 Å². The van der Waals surface area contributed by atoms with Gasteiger partial charge in [0.15, 0.2) is 11.6 Å². The van der Waals surface area contributed by atoms with Crippen molar-refractivity contribution in [3.8, 4) is 0 Å². The van der Waals surface area contributed by atoms with Crippen LogP contribution < -0.4 is 4.90 Å². The minimum Gasteiger partial charge on any atom is -0.315 e. The highest BCUT2D eigenvalue weighted by Gasteiger charge is 2.10. The summed E-state index contributed by atoms with van der Waals surface area (Å²) in [7, 11) is 0. The molecule has 0 aliphatic carbocycles. The molecular formula is C21H21NO3. The molecule has 0 fully saturated rings. The molecule has 2 aromatic carbocycles. The monoisotopic (exact) mass is 335 g/mol. The van der Waals surface area contributed by atoms with Crippen LogP contribution in [-0.4, -0.2) is 24.5 Å². The number of benzene rings is 2. The molecular weight excluding hydrogens is 314 g/mol. The molecule has 2 aromatic rings. The third-order valence-electron chi connectivity index (χ3n) is 3.91. The van der Waals surface area contributed by atoms with Crippen molar-refractivity contribution in [2.75, 3.05) is 11.4 Å². The van der Waals surface area contributed by atoms with Crippen LogP contribution in [0.4, 0.5) is 5.69 Å². The molecule has 0 saturated heterocycles. The lowest BCUT2D eigenvalue weighted by Gasteiger charge is -2.17. The highest BCUT2D eigenvalue weighted by molar-refractivity contribution is 6.21. The average Bonchev–Trinajstić information content (AvgIpc) is 2.61. The number of rotatable bonds is 8. The maximum atomic E-state index is 11.5. The van der Waals surface area contributed by atoms with Crippen LogP contribution >= 0.6 is 0 Å². The molecule has 0 aromatic heterocycles. The van der Waals surface area contributed by atoms with Gasteiger partial charge in [0.25, 0.3) is 0 Å². The van der Waals surface area contributed by atoms with E-state index in [2.05, 4.69) is 0 Å². The summed E-state index contributed by atoms with van der Waals surface area (Å²) in [5.41, 5.74) is 2.86. The molecule has 0 atom stereocenters. The predicted molar refractivity (Wildman–Crippen MR) is 99.3 cm³/mol. The van der Waals surface area contributed by atoms with Gasteiger partial charge in [-0.05, 0) is 49.6 Å². The standard InChI is InChI=1S/C21H21NO3/c1-16(24)21(17(2)25)14-19-8-10-20(11-9-19)22(15-23)13-12-18-6-4-3-5-7-18/h3-11,14-15H,12-13H2,1-2H3. The summed E-state index contributed by atoms with van der Waals surface area (Å²) < 4.78 is 0. The second-order valence-corrected chi connectivity index (χ2v) is 5.80. The van der Waals surface area contributed by atoms with Crippen molar-refractivity contribution in [2.45, 2.75) is 20.3 Å². The molecule has 0 spiro atoms. The third-order valence-corrected chi connectivity index (χ3v) is 3.91. The van der Waals surface area contributed by atoms with Gasteiger partial charge < -0.3 is 4.90 Å². The fraction of sp³-hybridized carbons (Fsp3) is 0.190. The van der Waals surface area contributed by atoms with E-state index in [-0.39, 0.29) is 17.1 Å². The number of anilines is 1. The minimum absolute atomic E-state index is 0.170. The Kier molecular flexibility index (Phi) is 6.40. The van der Waals surface area contributed by atoms with Crippen molar-refractivity contribution in [1.82, 2.24) is 0 Å². The largest absolute Gasteiger partial charge is 0.315 e. The van der Waals surface area contributed by atoms with Crippen LogP contribution in [0.5, 0.6) is 0 Å². The molecule has 4 heteroatoms. The number of nitrogens with zero attached hydrogens (tertiary/aromatic N) is 1. The number of hydrogen-bond acceptors (Lipinski definition) is 3. The molecule has 0 aliphatic rings. The van der Waals surface area contributed by atoms with Gasteiger partial charge in [-0.15, -0.1) is 0 Å². The fourth-order valence-electron chi connectivity index (χ4n) is 2.52. The van der Waals surface area contributed by atoms with E-state index in [1.54, 1.807) is 23.1 Å². The maximum Gasteiger partial charge on any atom is 0.214 e. The molecule has 2 rings (SSSR count). The fourth-order valence-corrected chi connectivity index (χ4v) is 2.52. The Labute approximate surface area is 147 Å². The Morgan fingerprint density at radius 3 is 2.04 bits per heavy atom. The predicted octanol–water partition coefficient (Wildman–Crippen LogP) is 3.45. The SMILES string of the molecule is CC(=O)C(=Cc1ccc(N(C=O)CCc2ccccc2)cc1)C(C)=O. The van der Waals surface area contributed by atoms with E-state index in [0.29, 0.717) is 6.54 Å². The lowest BCUT2D eigenvalue weighted by Crippen LogP contribution is -2.23. The summed E-state index contributed by atoms with van der Waals surface area (Å²) in [4.78, 5) is 36.0. The lowest BCUT2D eigenvalue weighted by molar-refractivity contribution is -0.119. The normalized spacial score (nSPS) is 10.0. The summed E-state index contributed by atoms with van der Waals surface area (Å²) in [6.07, 6.45) is 3.15. The molecule has 4 nitrogen and oxygen atoms in total. The van der Waals surface area contributed by atoms with Gasteiger partial charge in [-0.2, -0.15) is 0 Å². The maximum absolute atomic E-state index is 11.5. The molecule has 128 valence electrons. The zero-order valence-corrected chi connectivity index (χ0v) is 14.4. The molecule has 0 radical (unpaired) electrons.